The van der Waals surface area contributed by atoms with Crippen molar-refractivity contribution >= 4 is 29.6 Å². The van der Waals surface area contributed by atoms with Crippen molar-refractivity contribution in [1.82, 2.24) is 0 Å². The summed E-state index contributed by atoms with van der Waals surface area (Å²) in [7, 11) is 1.26. The van der Waals surface area contributed by atoms with Crippen LogP contribution in [0.3, 0.4) is 0 Å². The van der Waals surface area contributed by atoms with Gasteiger partial charge in [0.2, 0.25) is 5.54 Å². The molecule has 0 atom stereocenters. The average Bonchev–Trinajstić information content (AvgIpc) is 2.67. The van der Waals surface area contributed by atoms with E-state index in [0.717, 1.165) is 0 Å². The Kier molecular flexibility index (Phi) is 8.94. The smallest absolute Gasteiger partial charge is 0.343 e. The molecule has 0 aliphatic carbocycles. The molecule has 1 aromatic rings. The number of carbonyl (C=O) groups is 4. The predicted octanol–water partition coefficient (Wildman–Crippen LogP) is 1.70. The van der Waals surface area contributed by atoms with Crippen molar-refractivity contribution < 1.29 is 38.1 Å². The lowest BCUT2D eigenvalue weighted by Crippen LogP contribution is -2.56. The third-order valence-corrected chi connectivity index (χ3v) is 3.69. The largest absolute Gasteiger partial charge is 0.466 e. The summed E-state index contributed by atoms with van der Waals surface area (Å²) in [6.07, 6.45) is -0.205. The Morgan fingerprint density at radius 2 is 1.46 bits per heavy atom. The summed E-state index contributed by atoms with van der Waals surface area (Å²) < 4.78 is 19.7. The molecule has 0 unspecified atom stereocenters. The Balaban J connectivity index is 3.24. The SMILES string of the molecule is CCOC(=O)C(CCOC(C)=O)(Nc1ccc(C(=O)OC)cc1)C(=O)OCC. The fourth-order valence-electron chi connectivity index (χ4n) is 2.36. The fraction of sp³-hybridized carbons (Fsp3) is 0.474. The van der Waals surface area contributed by atoms with Crippen LogP contribution in [-0.2, 0) is 33.3 Å². The second-order valence-corrected chi connectivity index (χ2v) is 5.63. The van der Waals surface area contributed by atoms with E-state index in [1.54, 1.807) is 13.8 Å². The number of hydrogen-bond acceptors (Lipinski definition) is 9. The minimum atomic E-state index is -1.92. The van der Waals surface area contributed by atoms with Crippen LogP contribution in [-0.4, -0.2) is 56.3 Å². The summed E-state index contributed by atoms with van der Waals surface area (Å²) in [5.41, 5.74) is -1.27. The Morgan fingerprint density at radius 3 is 1.89 bits per heavy atom. The topological polar surface area (TPSA) is 117 Å². The van der Waals surface area contributed by atoms with E-state index >= 15 is 0 Å². The third-order valence-electron chi connectivity index (χ3n) is 3.69. The van der Waals surface area contributed by atoms with Crippen LogP contribution in [0.5, 0.6) is 0 Å². The van der Waals surface area contributed by atoms with Crippen molar-refractivity contribution in [1.29, 1.82) is 0 Å². The molecule has 0 bridgehead atoms. The molecule has 0 saturated carbocycles. The summed E-state index contributed by atoms with van der Waals surface area (Å²) >= 11 is 0. The lowest BCUT2D eigenvalue weighted by molar-refractivity contribution is -0.164. The first-order chi connectivity index (χ1) is 13.3. The molecule has 0 aliphatic rings. The number of carbonyl (C=O) groups excluding carboxylic acids is 4. The van der Waals surface area contributed by atoms with Crippen molar-refractivity contribution in [3.63, 3.8) is 0 Å². The van der Waals surface area contributed by atoms with Crippen LogP contribution in [0.2, 0.25) is 0 Å². The van der Waals surface area contributed by atoms with E-state index in [4.69, 9.17) is 14.2 Å². The molecule has 1 N–H and O–H groups in total. The van der Waals surface area contributed by atoms with Gasteiger partial charge in [-0.25, -0.2) is 14.4 Å². The minimum absolute atomic E-state index is 0.0382. The summed E-state index contributed by atoms with van der Waals surface area (Å²) in [6.45, 7) is 4.29. The zero-order chi connectivity index (χ0) is 21.2. The van der Waals surface area contributed by atoms with E-state index in [0.29, 0.717) is 11.3 Å². The molecule has 0 amide bonds. The van der Waals surface area contributed by atoms with Crippen LogP contribution in [0.1, 0.15) is 37.6 Å². The van der Waals surface area contributed by atoms with Gasteiger partial charge in [-0.05, 0) is 38.1 Å². The van der Waals surface area contributed by atoms with Crippen LogP contribution in [0.15, 0.2) is 24.3 Å². The first-order valence-corrected chi connectivity index (χ1v) is 8.75. The second kappa shape index (κ2) is 10.9. The summed E-state index contributed by atoms with van der Waals surface area (Å²) in [4.78, 5) is 48.0. The Hall–Kier alpha value is -3.10. The highest BCUT2D eigenvalue weighted by Crippen LogP contribution is 2.24. The lowest BCUT2D eigenvalue weighted by Gasteiger charge is -2.30. The van der Waals surface area contributed by atoms with Gasteiger partial charge in [0.15, 0.2) is 0 Å². The van der Waals surface area contributed by atoms with Gasteiger partial charge in [0, 0.05) is 19.0 Å². The maximum absolute atomic E-state index is 12.7. The average molecular weight is 395 g/mol. The van der Waals surface area contributed by atoms with Gasteiger partial charge >= 0.3 is 23.9 Å². The molecule has 0 fully saturated rings. The number of nitrogens with one attached hydrogen (secondary N) is 1. The number of benzene rings is 1. The molecule has 0 aliphatic heterocycles. The van der Waals surface area contributed by atoms with Gasteiger partial charge in [-0.15, -0.1) is 0 Å². The molecular formula is C19H25NO8. The maximum atomic E-state index is 12.7. The predicted molar refractivity (Wildman–Crippen MR) is 98.7 cm³/mol. The fourth-order valence-corrected chi connectivity index (χ4v) is 2.36. The van der Waals surface area contributed by atoms with Gasteiger partial charge < -0.3 is 24.3 Å². The molecular weight excluding hydrogens is 370 g/mol. The lowest BCUT2D eigenvalue weighted by atomic mass is 9.94. The highest BCUT2D eigenvalue weighted by molar-refractivity contribution is 6.08. The van der Waals surface area contributed by atoms with E-state index in [1.165, 1.54) is 38.3 Å². The number of hydrogen-bond donors (Lipinski definition) is 1. The zero-order valence-corrected chi connectivity index (χ0v) is 16.4. The quantitative estimate of drug-likeness (QED) is 0.359. The summed E-state index contributed by atoms with van der Waals surface area (Å²) in [5.74, 6) is -2.80. The van der Waals surface area contributed by atoms with Gasteiger partial charge in [0.1, 0.15) is 0 Å². The number of ether oxygens (including phenoxy) is 4. The zero-order valence-electron chi connectivity index (χ0n) is 16.4. The molecule has 1 aromatic carbocycles. The molecule has 0 saturated heterocycles. The summed E-state index contributed by atoms with van der Waals surface area (Å²) in [6, 6.07) is 5.96. The molecule has 9 nitrogen and oxygen atoms in total. The standard InChI is InChI=1S/C19H25NO8/c1-5-26-17(23)19(18(24)27-6-2,11-12-28-13(3)21)20-15-9-7-14(8-10-15)16(22)25-4/h7-10,20H,5-6,11-12H2,1-4H3. The molecule has 9 heteroatoms. The van der Waals surface area contributed by atoms with E-state index in [9.17, 15) is 19.2 Å². The van der Waals surface area contributed by atoms with Gasteiger partial charge in [-0.3, -0.25) is 4.79 Å². The molecule has 0 radical (unpaired) electrons. The van der Waals surface area contributed by atoms with Gasteiger partial charge in [-0.1, -0.05) is 0 Å². The molecule has 28 heavy (non-hydrogen) atoms. The van der Waals surface area contributed by atoms with Crippen LogP contribution < -0.4 is 5.32 Å². The number of esters is 4. The van der Waals surface area contributed by atoms with Crippen molar-refractivity contribution in [2.45, 2.75) is 32.7 Å². The Morgan fingerprint density at radius 1 is 0.929 bits per heavy atom. The normalized spacial score (nSPS) is 10.6. The van der Waals surface area contributed by atoms with E-state index in [1.807, 2.05) is 0 Å². The van der Waals surface area contributed by atoms with Crippen LogP contribution in [0.4, 0.5) is 5.69 Å². The molecule has 1 rings (SSSR count). The highest BCUT2D eigenvalue weighted by atomic mass is 16.6. The van der Waals surface area contributed by atoms with Crippen LogP contribution in [0.25, 0.3) is 0 Å². The van der Waals surface area contributed by atoms with Gasteiger partial charge in [0.25, 0.3) is 0 Å². The highest BCUT2D eigenvalue weighted by Gasteiger charge is 2.49. The number of methoxy groups -OCH3 is 1. The molecule has 0 spiro atoms. The van der Waals surface area contributed by atoms with Gasteiger partial charge in [-0.2, -0.15) is 0 Å². The van der Waals surface area contributed by atoms with Gasteiger partial charge in [0.05, 0.1) is 32.5 Å². The maximum Gasteiger partial charge on any atom is 0.343 e. The van der Waals surface area contributed by atoms with E-state index in [2.05, 4.69) is 10.1 Å². The van der Waals surface area contributed by atoms with Crippen molar-refractivity contribution in [3.8, 4) is 0 Å². The number of rotatable bonds is 10. The first kappa shape index (κ1) is 22.9. The molecule has 0 aromatic heterocycles. The van der Waals surface area contributed by atoms with E-state index in [-0.39, 0.29) is 26.2 Å². The van der Waals surface area contributed by atoms with Crippen molar-refractivity contribution in [2.75, 3.05) is 32.2 Å². The van der Waals surface area contributed by atoms with Crippen LogP contribution in [0, 0.1) is 0 Å². The first-order valence-electron chi connectivity index (χ1n) is 8.75. The van der Waals surface area contributed by atoms with E-state index < -0.39 is 29.4 Å². The summed E-state index contributed by atoms with van der Waals surface area (Å²) in [5, 5.41) is 2.83. The minimum Gasteiger partial charge on any atom is -0.466 e. The molecule has 0 heterocycles. The number of anilines is 1. The Labute approximate surface area is 163 Å². The molecule has 154 valence electrons. The third kappa shape index (κ3) is 5.97. The van der Waals surface area contributed by atoms with Crippen LogP contribution >= 0.6 is 0 Å². The Bertz CT molecular complexity index is 680. The van der Waals surface area contributed by atoms with Crippen molar-refractivity contribution in [2.24, 2.45) is 0 Å². The van der Waals surface area contributed by atoms with Crippen molar-refractivity contribution in [3.05, 3.63) is 29.8 Å². The second-order valence-electron chi connectivity index (χ2n) is 5.63. The monoisotopic (exact) mass is 395 g/mol.